The molecule has 0 aliphatic carbocycles. The number of hydrogen-bond acceptors (Lipinski definition) is 7. The molecule has 0 spiro atoms. The Morgan fingerprint density at radius 2 is 1.86 bits per heavy atom. The fourth-order valence-corrected chi connectivity index (χ4v) is 3.59. The molecule has 0 atom stereocenters. The van der Waals surface area contributed by atoms with Crippen LogP contribution in [0.1, 0.15) is 20.7 Å². The summed E-state index contributed by atoms with van der Waals surface area (Å²) in [4.78, 5) is 48.1. The highest BCUT2D eigenvalue weighted by atomic mass is 19.1. The summed E-state index contributed by atoms with van der Waals surface area (Å²) in [6.45, 7) is 1.87. The number of carboxylic acids is 1. The summed E-state index contributed by atoms with van der Waals surface area (Å²) in [5.41, 5.74) is 0.597. The van der Waals surface area contributed by atoms with Crippen molar-refractivity contribution < 1.29 is 29.0 Å². The minimum absolute atomic E-state index is 0.0677. The van der Waals surface area contributed by atoms with E-state index >= 15 is 0 Å². The van der Waals surface area contributed by atoms with Gasteiger partial charge in [-0.1, -0.05) is 0 Å². The first-order chi connectivity index (χ1) is 16.8. The molecule has 1 fully saturated rings. The molecule has 0 saturated carbocycles. The van der Waals surface area contributed by atoms with Crippen molar-refractivity contribution in [3.05, 3.63) is 63.7 Å². The highest BCUT2D eigenvalue weighted by molar-refractivity contribution is 6.13. The summed E-state index contributed by atoms with van der Waals surface area (Å²) in [6, 6.07) is 8.10. The smallest absolute Gasteiger partial charge is 0.335 e. The number of halogens is 1. The monoisotopic (exact) mass is 485 g/mol. The lowest BCUT2D eigenvalue weighted by atomic mass is 10.0. The standard InChI is InChI=1S/C22H22FN5O4.CH2O2/c1-24-16-7-13(23)6-15-18(16)28-21(30)17(19(15)26-10-11-8-25-9-11)20(29)27-14-4-2-12(3-5-14)22(31)32;2-1-3/h2-7,11,24-25H,8-10H2,1H3,(H,27,29)(H,31,32)(H2,26,28,30);1H,(H,2,3). The van der Waals surface area contributed by atoms with Crippen LogP contribution in [-0.4, -0.2) is 60.2 Å². The van der Waals surface area contributed by atoms with Crippen LogP contribution in [0.2, 0.25) is 0 Å². The summed E-state index contributed by atoms with van der Waals surface area (Å²) in [6.07, 6.45) is 0. The fourth-order valence-electron chi connectivity index (χ4n) is 3.59. The predicted molar refractivity (Wildman–Crippen MR) is 129 cm³/mol. The molecule has 7 N–H and O–H groups in total. The Balaban J connectivity index is 0.00000108. The van der Waals surface area contributed by atoms with E-state index in [1.165, 1.54) is 36.4 Å². The predicted octanol–water partition coefficient (Wildman–Crippen LogP) is 1.99. The number of rotatable bonds is 7. The minimum Gasteiger partial charge on any atom is -0.483 e. The average Bonchev–Trinajstić information content (AvgIpc) is 2.78. The highest BCUT2D eigenvalue weighted by Gasteiger charge is 2.24. The number of hydrogen-bond donors (Lipinski definition) is 7. The molecule has 2 heterocycles. The molecular weight excluding hydrogens is 461 g/mol. The lowest BCUT2D eigenvalue weighted by Crippen LogP contribution is -2.45. The second-order valence-corrected chi connectivity index (χ2v) is 7.68. The molecule has 0 unspecified atom stereocenters. The van der Waals surface area contributed by atoms with Crippen LogP contribution in [0.15, 0.2) is 41.2 Å². The molecule has 0 radical (unpaired) electrons. The molecule has 0 bridgehead atoms. The van der Waals surface area contributed by atoms with E-state index in [1.807, 2.05) is 0 Å². The molecule has 1 saturated heterocycles. The van der Waals surface area contributed by atoms with Gasteiger partial charge >= 0.3 is 5.97 Å². The van der Waals surface area contributed by atoms with E-state index in [2.05, 4.69) is 26.3 Å². The highest BCUT2D eigenvalue weighted by Crippen LogP contribution is 2.30. The molecule has 1 aromatic heterocycles. The van der Waals surface area contributed by atoms with E-state index in [9.17, 15) is 18.8 Å². The Kier molecular flexibility index (Phi) is 8.00. The Labute approximate surface area is 198 Å². The van der Waals surface area contributed by atoms with E-state index in [1.54, 1.807) is 7.05 Å². The van der Waals surface area contributed by atoms with Gasteiger partial charge in [-0.25, -0.2) is 9.18 Å². The van der Waals surface area contributed by atoms with Gasteiger partial charge in [0.2, 0.25) is 0 Å². The van der Waals surface area contributed by atoms with Gasteiger partial charge in [0, 0.05) is 43.7 Å². The van der Waals surface area contributed by atoms with Crippen LogP contribution in [0.3, 0.4) is 0 Å². The van der Waals surface area contributed by atoms with E-state index in [4.69, 9.17) is 15.0 Å². The number of amides is 1. The number of carbonyl (C=O) groups is 3. The number of benzene rings is 2. The van der Waals surface area contributed by atoms with Gasteiger partial charge in [0.1, 0.15) is 11.4 Å². The Morgan fingerprint density at radius 3 is 2.40 bits per heavy atom. The summed E-state index contributed by atoms with van der Waals surface area (Å²) in [5, 5.41) is 28.1. The Bertz CT molecular complexity index is 1300. The van der Waals surface area contributed by atoms with Gasteiger partial charge < -0.3 is 36.5 Å². The van der Waals surface area contributed by atoms with Gasteiger partial charge in [-0.3, -0.25) is 14.4 Å². The van der Waals surface area contributed by atoms with Crippen molar-refractivity contribution in [3.8, 4) is 0 Å². The third-order valence-corrected chi connectivity index (χ3v) is 5.41. The number of aromatic carboxylic acids is 1. The first-order valence-electron chi connectivity index (χ1n) is 10.5. The summed E-state index contributed by atoms with van der Waals surface area (Å²) in [5.74, 6) is -1.98. The molecule has 4 rings (SSSR count). The van der Waals surface area contributed by atoms with Crippen molar-refractivity contribution in [1.82, 2.24) is 10.3 Å². The van der Waals surface area contributed by atoms with E-state index in [0.29, 0.717) is 34.7 Å². The van der Waals surface area contributed by atoms with Gasteiger partial charge in [-0.15, -0.1) is 0 Å². The number of fused-ring (bicyclic) bond motifs is 1. The van der Waals surface area contributed by atoms with Crippen LogP contribution in [0.4, 0.5) is 21.5 Å². The average molecular weight is 485 g/mol. The molecule has 2 aromatic carbocycles. The van der Waals surface area contributed by atoms with Crippen molar-refractivity contribution in [1.29, 1.82) is 0 Å². The number of carboxylic acid groups (broad SMARTS) is 2. The van der Waals surface area contributed by atoms with Gasteiger partial charge in [-0.05, 0) is 36.4 Å². The van der Waals surface area contributed by atoms with Gasteiger partial charge in [-0.2, -0.15) is 0 Å². The lowest BCUT2D eigenvalue weighted by Gasteiger charge is -2.28. The van der Waals surface area contributed by atoms with Crippen molar-refractivity contribution in [2.45, 2.75) is 0 Å². The first-order valence-corrected chi connectivity index (χ1v) is 10.5. The van der Waals surface area contributed by atoms with Crippen LogP contribution >= 0.6 is 0 Å². The molecule has 1 amide bonds. The van der Waals surface area contributed by atoms with Gasteiger partial charge in [0.05, 0.1) is 22.5 Å². The molecular formula is C23H24FN5O6. The normalized spacial score (nSPS) is 12.6. The largest absolute Gasteiger partial charge is 0.483 e. The maximum absolute atomic E-state index is 14.3. The SMILES string of the molecule is CNc1cc(F)cc2c(NCC3CNC3)c(C(=O)Nc3ccc(C(=O)O)cc3)c(=O)[nH]c12.O=CO. The van der Waals surface area contributed by atoms with E-state index in [-0.39, 0.29) is 23.3 Å². The third-order valence-electron chi connectivity index (χ3n) is 5.41. The number of pyridine rings is 1. The number of aromatic amines is 1. The number of nitrogens with one attached hydrogen (secondary N) is 5. The zero-order valence-corrected chi connectivity index (χ0v) is 18.6. The van der Waals surface area contributed by atoms with Crippen molar-refractivity contribution in [2.75, 3.05) is 42.6 Å². The number of anilines is 3. The fraction of sp³-hybridized carbons (Fsp3) is 0.217. The molecule has 1 aliphatic rings. The second-order valence-electron chi connectivity index (χ2n) is 7.68. The number of H-pyrrole nitrogens is 1. The first kappa shape index (κ1) is 25.2. The van der Waals surface area contributed by atoms with E-state index in [0.717, 1.165) is 13.1 Å². The van der Waals surface area contributed by atoms with Crippen LogP contribution in [0, 0.1) is 11.7 Å². The molecule has 3 aromatic rings. The minimum atomic E-state index is -1.09. The molecule has 1 aliphatic heterocycles. The van der Waals surface area contributed by atoms with Crippen LogP contribution in [-0.2, 0) is 4.79 Å². The second kappa shape index (κ2) is 11.1. The molecule has 12 heteroatoms. The van der Waals surface area contributed by atoms with Crippen LogP contribution < -0.4 is 26.8 Å². The summed E-state index contributed by atoms with van der Waals surface area (Å²) in [7, 11) is 1.61. The molecule has 184 valence electrons. The topological polar surface area (TPSA) is 173 Å². The summed E-state index contributed by atoms with van der Waals surface area (Å²) >= 11 is 0. The lowest BCUT2D eigenvalue weighted by molar-refractivity contribution is -0.122. The Morgan fingerprint density at radius 1 is 1.20 bits per heavy atom. The van der Waals surface area contributed by atoms with E-state index < -0.39 is 23.3 Å². The van der Waals surface area contributed by atoms with Crippen molar-refractivity contribution in [2.24, 2.45) is 5.92 Å². The van der Waals surface area contributed by atoms with Gasteiger partial charge in [0.25, 0.3) is 17.9 Å². The quantitative estimate of drug-likeness (QED) is 0.247. The number of carbonyl (C=O) groups excluding carboxylic acids is 1. The zero-order valence-electron chi connectivity index (χ0n) is 18.6. The maximum Gasteiger partial charge on any atom is 0.335 e. The van der Waals surface area contributed by atoms with Crippen LogP contribution in [0.5, 0.6) is 0 Å². The Hall–Kier alpha value is -4.45. The molecule has 11 nitrogen and oxygen atoms in total. The van der Waals surface area contributed by atoms with Crippen molar-refractivity contribution >= 4 is 46.3 Å². The van der Waals surface area contributed by atoms with Crippen LogP contribution in [0.25, 0.3) is 10.9 Å². The zero-order chi connectivity index (χ0) is 25.5. The number of aromatic nitrogens is 1. The maximum atomic E-state index is 14.3. The third kappa shape index (κ3) is 5.73. The van der Waals surface area contributed by atoms with Gasteiger partial charge in [0.15, 0.2) is 0 Å². The van der Waals surface area contributed by atoms with Crippen molar-refractivity contribution in [3.63, 3.8) is 0 Å². The summed E-state index contributed by atoms with van der Waals surface area (Å²) < 4.78 is 14.3. The molecule has 35 heavy (non-hydrogen) atoms.